The summed E-state index contributed by atoms with van der Waals surface area (Å²) in [6.07, 6.45) is 4.54. The van der Waals surface area contributed by atoms with Gasteiger partial charge in [0, 0.05) is 36.6 Å². The molecular weight excluding hydrogens is 493 g/mol. The molecule has 0 radical (unpaired) electrons. The van der Waals surface area contributed by atoms with Gasteiger partial charge in [-0.25, -0.2) is 0 Å². The molecule has 3 aromatic rings. The molecule has 0 bridgehead atoms. The van der Waals surface area contributed by atoms with Gasteiger partial charge in [-0.1, -0.05) is 36.4 Å². The van der Waals surface area contributed by atoms with E-state index in [1.807, 2.05) is 31.2 Å². The third-order valence-electron chi connectivity index (χ3n) is 6.19. The molecule has 2 heterocycles. The number of benzene rings is 1. The van der Waals surface area contributed by atoms with Crippen molar-refractivity contribution >= 4 is 23.1 Å². The molecule has 9 heteroatoms. The molecule has 1 aliphatic carbocycles. The lowest BCUT2D eigenvalue weighted by Crippen LogP contribution is -2.19. The Balaban J connectivity index is 1.67. The van der Waals surface area contributed by atoms with Gasteiger partial charge >= 0.3 is 6.18 Å². The summed E-state index contributed by atoms with van der Waals surface area (Å²) < 4.78 is 39.0. The van der Waals surface area contributed by atoms with Crippen LogP contribution in [0, 0.1) is 6.92 Å². The van der Waals surface area contributed by atoms with Crippen LogP contribution in [0.5, 0.6) is 0 Å². The van der Waals surface area contributed by atoms with E-state index in [-0.39, 0.29) is 23.1 Å². The maximum atomic E-state index is 13.0. The number of nitrogens with zero attached hydrogens (tertiary/aromatic N) is 2. The zero-order valence-corrected chi connectivity index (χ0v) is 20.8. The minimum absolute atomic E-state index is 0.00556. The number of rotatable bonds is 5. The fourth-order valence-electron chi connectivity index (χ4n) is 4.16. The highest BCUT2D eigenvalue weighted by Gasteiger charge is 2.32. The number of carbonyl (C=O) groups is 2. The Kier molecular flexibility index (Phi) is 7.57. The van der Waals surface area contributed by atoms with E-state index >= 15 is 0 Å². The smallest absolute Gasteiger partial charge is 0.354 e. The summed E-state index contributed by atoms with van der Waals surface area (Å²) in [4.78, 5) is 32.5. The second-order valence-corrected chi connectivity index (χ2v) is 8.83. The van der Waals surface area contributed by atoms with E-state index in [0.717, 1.165) is 40.1 Å². The largest absolute Gasteiger partial charge is 0.433 e. The Hall–Kier alpha value is -4.53. The molecule has 0 saturated heterocycles. The van der Waals surface area contributed by atoms with E-state index < -0.39 is 17.8 Å². The molecule has 0 aliphatic heterocycles. The topological polar surface area (TPSA) is 84.0 Å². The molecule has 2 aromatic heterocycles. The molecule has 0 spiro atoms. The summed E-state index contributed by atoms with van der Waals surface area (Å²) in [7, 11) is 1.54. The minimum Gasteiger partial charge on any atom is -0.354 e. The first-order valence-electron chi connectivity index (χ1n) is 11.8. The predicted octanol–water partition coefficient (Wildman–Crippen LogP) is 6.10. The van der Waals surface area contributed by atoms with Crippen LogP contribution in [0.15, 0.2) is 85.2 Å². The molecular formula is C29H25F3N4O2. The Labute approximate surface area is 218 Å². The van der Waals surface area contributed by atoms with Crippen LogP contribution in [-0.2, 0) is 6.18 Å². The highest BCUT2D eigenvalue weighted by Crippen LogP contribution is 2.35. The summed E-state index contributed by atoms with van der Waals surface area (Å²) in [6.45, 7) is 6.14. The van der Waals surface area contributed by atoms with Gasteiger partial charge in [-0.2, -0.15) is 13.2 Å². The molecule has 1 aliphatic rings. The van der Waals surface area contributed by atoms with Crippen LogP contribution in [0.4, 0.5) is 18.9 Å². The molecule has 38 heavy (non-hydrogen) atoms. The van der Waals surface area contributed by atoms with Gasteiger partial charge in [0.15, 0.2) is 0 Å². The molecule has 0 fully saturated rings. The monoisotopic (exact) mass is 518 g/mol. The number of aromatic nitrogens is 2. The van der Waals surface area contributed by atoms with Crippen LogP contribution in [0.1, 0.15) is 55.6 Å². The number of carbonyl (C=O) groups excluding carboxylic acids is 2. The number of amides is 2. The summed E-state index contributed by atoms with van der Waals surface area (Å²) in [5, 5.41) is 5.09. The van der Waals surface area contributed by atoms with Crippen molar-refractivity contribution in [1.82, 2.24) is 15.3 Å². The summed E-state index contributed by atoms with van der Waals surface area (Å²) >= 11 is 0. The predicted molar refractivity (Wildman–Crippen MR) is 140 cm³/mol. The number of hydrogen-bond acceptors (Lipinski definition) is 4. The lowest BCUT2D eigenvalue weighted by Gasteiger charge is -2.17. The minimum atomic E-state index is -4.62. The molecule has 6 nitrogen and oxygen atoms in total. The molecule has 1 atom stereocenters. The number of pyridine rings is 2. The fraction of sp³-hybridized carbons (Fsp3) is 0.172. The molecule has 194 valence electrons. The third-order valence-corrected chi connectivity index (χ3v) is 6.19. The van der Waals surface area contributed by atoms with E-state index in [1.165, 1.54) is 6.07 Å². The third kappa shape index (κ3) is 5.88. The Morgan fingerprint density at radius 1 is 1.03 bits per heavy atom. The van der Waals surface area contributed by atoms with Crippen molar-refractivity contribution in [3.05, 3.63) is 119 Å². The zero-order chi connectivity index (χ0) is 27.4. The fourth-order valence-corrected chi connectivity index (χ4v) is 4.16. The molecule has 2 N–H and O–H groups in total. The Morgan fingerprint density at radius 3 is 2.53 bits per heavy atom. The number of alkyl halides is 3. The van der Waals surface area contributed by atoms with Gasteiger partial charge in [-0.05, 0) is 72.0 Å². The highest BCUT2D eigenvalue weighted by atomic mass is 19.4. The van der Waals surface area contributed by atoms with Crippen LogP contribution in [0.2, 0.25) is 0 Å². The average Bonchev–Trinajstić information content (AvgIpc) is 3.09. The highest BCUT2D eigenvalue weighted by molar-refractivity contribution is 6.05. The van der Waals surface area contributed by atoms with Crippen molar-refractivity contribution in [1.29, 1.82) is 0 Å². The van der Waals surface area contributed by atoms with Crippen molar-refractivity contribution in [2.24, 2.45) is 0 Å². The summed E-state index contributed by atoms with van der Waals surface area (Å²) in [5.74, 6) is -1.05. The lowest BCUT2D eigenvalue weighted by molar-refractivity contribution is -0.141. The number of hydrogen-bond donors (Lipinski definition) is 2. The van der Waals surface area contributed by atoms with Gasteiger partial charge in [0.2, 0.25) is 0 Å². The van der Waals surface area contributed by atoms with Crippen molar-refractivity contribution in [2.45, 2.75) is 25.4 Å². The van der Waals surface area contributed by atoms with E-state index in [2.05, 4.69) is 27.2 Å². The van der Waals surface area contributed by atoms with Crippen molar-refractivity contribution in [2.75, 3.05) is 12.4 Å². The normalized spacial score (nSPS) is 15.4. The first kappa shape index (κ1) is 26.5. The standard InChI is InChI=1S/C29H25F3N4O2/c1-17-5-4-6-19(13-23(17)20-9-11-34-25(15-20)28(38)33-3)24-14-21(8-7-18(24)2)27(37)36-22-10-12-35-26(16-22)29(30,31)32/h4,6-16,23H,1,5H2,2-3H3,(H,33,38)(H,35,36,37). The molecule has 1 aromatic carbocycles. The number of nitrogens with one attached hydrogen (secondary N) is 2. The van der Waals surface area contributed by atoms with Crippen molar-refractivity contribution in [3.8, 4) is 0 Å². The van der Waals surface area contributed by atoms with Gasteiger partial charge in [-0.15, -0.1) is 0 Å². The molecule has 1 unspecified atom stereocenters. The first-order valence-corrected chi connectivity index (χ1v) is 11.8. The zero-order valence-electron chi connectivity index (χ0n) is 20.8. The molecule has 2 amide bonds. The lowest BCUT2D eigenvalue weighted by atomic mass is 9.88. The number of aryl methyl sites for hydroxylation is 1. The number of halogens is 3. The maximum absolute atomic E-state index is 13.0. The van der Waals surface area contributed by atoms with Crippen LogP contribution in [-0.4, -0.2) is 28.8 Å². The average molecular weight is 519 g/mol. The van der Waals surface area contributed by atoms with E-state index in [1.54, 1.807) is 37.5 Å². The van der Waals surface area contributed by atoms with Gasteiger partial charge < -0.3 is 10.6 Å². The van der Waals surface area contributed by atoms with Crippen molar-refractivity contribution in [3.63, 3.8) is 0 Å². The number of anilines is 1. The van der Waals surface area contributed by atoms with Gasteiger partial charge in [0.1, 0.15) is 11.4 Å². The van der Waals surface area contributed by atoms with Crippen molar-refractivity contribution < 1.29 is 22.8 Å². The summed E-state index contributed by atoms with van der Waals surface area (Å²) in [6, 6.07) is 10.8. The Morgan fingerprint density at radius 2 is 1.79 bits per heavy atom. The number of allylic oxidation sites excluding steroid dienone is 5. The van der Waals surface area contributed by atoms with Crippen LogP contribution >= 0.6 is 0 Å². The second kappa shape index (κ2) is 10.8. The Bertz CT molecular complexity index is 1470. The van der Waals surface area contributed by atoms with Gasteiger partial charge in [0.25, 0.3) is 11.8 Å². The first-order chi connectivity index (χ1) is 18.1. The van der Waals surface area contributed by atoms with E-state index in [4.69, 9.17) is 0 Å². The van der Waals surface area contributed by atoms with E-state index in [0.29, 0.717) is 12.1 Å². The SMILES string of the molecule is C=C1CC=CC(c2cc(C(=O)Nc3ccnc(C(F)(F)F)c3)ccc2C)=CC1c1ccnc(C(=O)NC)c1. The quantitative estimate of drug-likeness (QED) is 0.400. The summed E-state index contributed by atoms with van der Waals surface area (Å²) in [5.41, 5.74) is 3.82. The van der Waals surface area contributed by atoms with Crippen LogP contribution < -0.4 is 10.6 Å². The molecule has 0 saturated carbocycles. The maximum Gasteiger partial charge on any atom is 0.433 e. The van der Waals surface area contributed by atoms with E-state index in [9.17, 15) is 22.8 Å². The van der Waals surface area contributed by atoms with Crippen LogP contribution in [0.25, 0.3) is 5.57 Å². The molecule has 4 rings (SSSR count). The van der Waals surface area contributed by atoms with Gasteiger partial charge in [-0.3, -0.25) is 19.6 Å². The second-order valence-electron chi connectivity index (χ2n) is 8.83. The van der Waals surface area contributed by atoms with Gasteiger partial charge in [0.05, 0.1) is 0 Å². The van der Waals surface area contributed by atoms with Crippen LogP contribution in [0.3, 0.4) is 0 Å².